The molecular formula is C12H22N2O3. The van der Waals surface area contributed by atoms with Gasteiger partial charge in [0.15, 0.2) is 0 Å². The molecule has 5 heteroatoms. The summed E-state index contributed by atoms with van der Waals surface area (Å²) in [7, 11) is 0. The van der Waals surface area contributed by atoms with E-state index in [0.717, 1.165) is 19.5 Å². The molecule has 0 aromatic heterocycles. The summed E-state index contributed by atoms with van der Waals surface area (Å²) in [6.45, 7) is 4.57. The first-order valence-corrected chi connectivity index (χ1v) is 6.27. The number of rotatable bonds is 8. The van der Waals surface area contributed by atoms with Gasteiger partial charge in [0.25, 0.3) is 0 Å². The zero-order valence-corrected chi connectivity index (χ0v) is 10.4. The molecule has 0 saturated carbocycles. The standard InChI is InChI=1S/C12H22N2O3/c1-9(2-3-12(16)17)4-5-14-11(15)6-10-7-13-8-10/h9-10,13H,2-8H2,1H3,(H,14,15)(H,16,17). The van der Waals surface area contributed by atoms with Gasteiger partial charge in [-0.15, -0.1) is 0 Å². The van der Waals surface area contributed by atoms with Gasteiger partial charge in [-0.05, 0) is 37.8 Å². The first kappa shape index (κ1) is 14.0. The second kappa shape index (κ2) is 7.27. The van der Waals surface area contributed by atoms with E-state index in [-0.39, 0.29) is 12.3 Å². The molecule has 0 aromatic rings. The molecule has 17 heavy (non-hydrogen) atoms. The molecule has 1 aliphatic heterocycles. The molecule has 5 nitrogen and oxygen atoms in total. The maximum absolute atomic E-state index is 11.5. The Morgan fingerprint density at radius 2 is 2.12 bits per heavy atom. The lowest BCUT2D eigenvalue weighted by Gasteiger charge is -2.26. The maximum Gasteiger partial charge on any atom is 0.303 e. The molecule has 0 aromatic carbocycles. The number of aliphatic carboxylic acids is 1. The number of amides is 1. The van der Waals surface area contributed by atoms with Crippen molar-refractivity contribution in [2.75, 3.05) is 19.6 Å². The van der Waals surface area contributed by atoms with Gasteiger partial charge >= 0.3 is 5.97 Å². The summed E-state index contributed by atoms with van der Waals surface area (Å²) in [5, 5.41) is 14.6. The topological polar surface area (TPSA) is 78.4 Å². The van der Waals surface area contributed by atoms with Crippen molar-refractivity contribution >= 4 is 11.9 Å². The predicted octanol–water partition coefficient (Wildman–Crippen LogP) is 0.603. The molecule has 0 spiro atoms. The summed E-state index contributed by atoms with van der Waals surface area (Å²) in [5.74, 6) is 0.205. The largest absolute Gasteiger partial charge is 0.481 e. The molecule has 0 bridgehead atoms. The Morgan fingerprint density at radius 3 is 2.65 bits per heavy atom. The monoisotopic (exact) mass is 242 g/mol. The van der Waals surface area contributed by atoms with Crippen LogP contribution in [0.2, 0.25) is 0 Å². The van der Waals surface area contributed by atoms with Crippen molar-refractivity contribution in [2.24, 2.45) is 11.8 Å². The quantitative estimate of drug-likeness (QED) is 0.582. The van der Waals surface area contributed by atoms with Crippen LogP contribution in [0.5, 0.6) is 0 Å². The van der Waals surface area contributed by atoms with Crippen LogP contribution < -0.4 is 10.6 Å². The van der Waals surface area contributed by atoms with Crippen LogP contribution in [0.3, 0.4) is 0 Å². The highest BCUT2D eigenvalue weighted by Crippen LogP contribution is 2.10. The van der Waals surface area contributed by atoms with E-state index in [0.29, 0.717) is 31.2 Å². The smallest absolute Gasteiger partial charge is 0.303 e. The van der Waals surface area contributed by atoms with Crippen molar-refractivity contribution in [1.29, 1.82) is 0 Å². The van der Waals surface area contributed by atoms with Crippen molar-refractivity contribution in [3.05, 3.63) is 0 Å². The van der Waals surface area contributed by atoms with Gasteiger partial charge in [-0.3, -0.25) is 9.59 Å². The normalized spacial score (nSPS) is 17.2. The van der Waals surface area contributed by atoms with Crippen molar-refractivity contribution in [1.82, 2.24) is 10.6 Å². The number of nitrogens with one attached hydrogen (secondary N) is 2. The van der Waals surface area contributed by atoms with Crippen LogP contribution in [0, 0.1) is 11.8 Å². The fourth-order valence-corrected chi connectivity index (χ4v) is 1.80. The lowest BCUT2D eigenvalue weighted by molar-refractivity contribution is -0.137. The predicted molar refractivity (Wildman–Crippen MR) is 64.6 cm³/mol. The number of hydrogen-bond acceptors (Lipinski definition) is 3. The molecule has 0 radical (unpaired) electrons. The second-order valence-corrected chi connectivity index (χ2v) is 4.90. The zero-order valence-electron chi connectivity index (χ0n) is 10.4. The lowest BCUT2D eigenvalue weighted by Crippen LogP contribution is -2.44. The van der Waals surface area contributed by atoms with Crippen LogP contribution in [0.4, 0.5) is 0 Å². The minimum atomic E-state index is -0.752. The minimum Gasteiger partial charge on any atom is -0.481 e. The molecular weight excluding hydrogens is 220 g/mol. The van der Waals surface area contributed by atoms with Gasteiger partial charge in [-0.25, -0.2) is 0 Å². The summed E-state index contributed by atoms with van der Waals surface area (Å²) in [6, 6.07) is 0. The van der Waals surface area contributed by atoms with Gasteiger partial charge in [0.1, 0.15) is 0 Å². The first-order chi connectivity index (χ1) is 8.08. The molecule has 1 aliphatic rings. The van der Waals surface area contributed by atoms with Gasteiger partial charge in [0.05, 0.1) is 0 Å². The van der Waals surface area contributed by atoms with E-state index in [9.17, 15) is 9.59 Å². The van der Waals surface area contributed by atoms with E-state index in [1.54, 1.807) is 0 Å². The van der Waals surface area contributed by atoms with E-state index < -0.39 is 5.97 Å². The molecule has 1 unspecified atom stereocenters. The highest BCUT2D eigenvalue weighted by atomic mass is 16.4. The van der Waals surface area contributed by atoms with Gasteiger partial charge in [-0.2, -0.15) is 0 Å². The number of hydrogen-bond donors (Lipinski definition) is 3. The highest BCUT2D eigenvalue weighted by Gasteiger charge is 2.19. The molecule has 0 aliphatic carbocycles. The number of carbonyl (C=O) groups is 2. The Kier molecular flexibility index (Phi) is 5.97. The van der Waals surface area contributed by atoms with Crippen LogP contribution in [0.1, 0.15) is 32.6 Å². The minimum absolute atomic E-state index is 0.113. The summed E-state index contributed by atoms with van der Waals surface area (Å²) in [6.07, 6.45) is 2.35. The number of carboxylic acid groups (broad SMARTS) is 1. The molecule has 3 N–H and O–H groups in total. The molecule has 1 rings (SSSR count). The van der Waals surface area contributed by atoms with Crippen molar-refractivity contribution in [3.8, 4) is 0 Å². The van der Waals surface area contributed by atoms with Crippen molar-refractivity contribution < 1.29 is 14.7 Å². The third-order valence-electron chi connectivity index (χ3n) is 3.15. The Balaban J connectivity index is 1.97. The average molecular weight is 242 g/mol. The molecule has 98 valence electrons. The lowest BCUT2D eigenvalue weighted by atomic mass is 9.98. The molecule has 1 fully saturated rings. The third kappa shape index (κ3) is 6.26. The fraction of sp³-hybridized carbons (Fsp3) is 0.833. The first-order valence-electron chi connectivity index (χ1n) is 6.27. The second-order valence-electron chi connectivity index (χ2n) is 4.90. The molecule has 1 heterocycles. The van der Waals surface area contributed by atoms with Crippen LogP contribution in [-0.2, 0) is 9.59 Å². The summed E-state index contributed by atoms with van der Waals surface area (Å²) < 4.78 is 0. The van der Waals surface area contributed by atoms with Gasteiger partial charge in [0, 0.05) is 19.4 Å². The van der Waals surface area contributed by atoms with Crippen LogP contribution in [0.15, 0.2) is 0 Å². The molecule has 1 saturated heterocycles. The summed E-state index contributed by atoms with van der Waals surface area (Å²) >= 11 is 0. The maximum atomic E-state index is 11.5. The van der Waals surface area contributed by atoms with Crippen LogP contribution in [0.25, 0.3) is 0 Å². The highest BCUT2D eigenvalue weighted by molar-refractivity contribution is 5.76. The van der Waals surface area contributed by atoms with E-state index in [1.165, 1.54) is 0 Å². The molecule has 1 atom stereocenters. The fourth-order valence-electron chi connectivity index (χ4n) is 1.80. The van der Waals surface area contributed by atoms with E-state index in [2.05, 4.69) is 10.6 Å². The van der Waals surface area contributed by atoms with Crippen LogP contribution in [-0.4, -0.2) is 36.6 Å². The van der Waals surface area contributed by atoms with E-state index in [4.69, 9.17) is 5.11 Å². The van der Waals surface area contributed by atoms with Crippen molar-refractivity contribution in [2.45, 2.75) is 32.6 Å². The Labute approximate surface area is 102 Å². The summed E-state index contributed by atoms with van der Waals surface area (Å²) in [5.41, 5.74) is 0. The van der Waals surface area contributed by atoms with E-state index in [1.807, 2.05) is 6.92 Å². The third-order valence-corrected chi connectivity index (χ3v) is 3.15. The number of carboxylic acids is 1. The van der Waals surface area contributed by atoms with E-state index >= 15 is 0 Å². The van der Waals surface area contributed by atoms with Gasteiger partial charge < -0.3 is 15.7 Å². The SMILES string of the molecule is CC(CCNC(=O)CC1CNC1)CCC(=O)O. The van der Waals surface area contributed by atoms with Gasteiger partial charge in [-0.1, -0.05) is 6.92 Å². The Hall–Kier alpha value is -1.10. The summed E-state index contributed by atoms with van der Waals surface area (Å²) in [4.78, 5) is 21.8. The van der Waals surface area contributed by atoms with Crippen molar-refractivity contribution in [3.63, 3.8) is 0 Å². The number of carbonyl (C=O) groups excluding carboxylic acids is 1. The van der Waals surface area contributed by atoms with Crippen LogP contribution >= 0.6 is 0 Å². The Bertz CT molecular complexity index is 264. The Morgan fingerprint density at radius 1 is 1.41 bits per heavy atom. The molecule has 1 amide bonds. The zero-order chi connectivity index (χ0) is 12.7. The van der Waals surface area contributed by atoms with Gasteiger partial charge in [0.2, 0.25) is 5.91 Å². The average Bonchev–Trinajstić information content (AvgIpc) is 2.20.